The highest BCUT2D eigenvalue weighted by Gasteiger charge is 2.11. The molecule has 1 aromatic heterocycles. The average molecular weight is 231 g/mol. The van der Waals surface area contributed by atoms with E-state index >= 15 is 0 Å². The first kappa shape index (κ1) is 11.2. The topological polar surface area (TPSA) is 70.1 Å². The van der Waals surface area contributed by atoms with Gasteiger partial charge in [0, 0.05) is 18.8 Å². The summed E-state index contributed by atoms with van der Waals surface area (Å²) in [5, 5.41) is 4.08. The summed E-state index contributed by atoms with van der Waals surface area (Å²) >= 11 is 0. The second-order valence-electron chi connectivity index (χ2n) is 3.62. The van der Waals surface area contributed by atoms with E-state index in [1.807, 2.05) is 19.2 Å². The number of benzene rings is 1. The molecule has 1 heterocycles. The molecule has 2 rings (SSSR count). The van der Waals surface area contributed by atoms with Gasteiger partial charge in [0.1, 0.15) is 5.75 Å². The molecule has 1 amide bonds. The molecular formula is C12H13N3O2. The van der Waals surface area contributed by atoms with Crippen LogP contribution in [0.4, 0.5) is 0 Å². The Labute approximate surface area is 98.8 Å². The zero-order valence-corrected chi connectivity index (χ0v) is 9.68. The highest BCUT2D eigenvalue weighted by molar-refractivity contribution is 5.96. The van der Waals surface area contributed by atoms with Crippen molar-refractivity contribution in [2.45, 2.75) is 0 Å². The van der Waals surface area contributed by atoms with Crippen molar-refractivity contribution in [3.8, 4) is 17.0 Å². The standard InChI is InChI=1S/C12H13N3O2/c1-15-10(5-6-14-15)8-3-4-11(17-2)9(7-8)12(13)16/h3-7H,1-2H3,(H2,13,16). The molecule has 0 saturated carbocycles. The van der Waals surface area contributed by atoms with Gasteiger partial charge in [0.15, 0.2) is 0 Å². The number of nitrogens with zero attached hydrogens (tertiary/aromatic N) is 2. The van der Waals surface area contributed by atoms with Crippen LogP contribution in [0.1, 0.15) is 10.4 Å². The average Bonchev–Trinajstić information content (AvgIpc) is 2.74. The molecule has 0 aliphatic rings. The molecule has 0 radical (unpaired) electrons. The third-order valence-electron chi connectivity index (χ3n) is 2.58. The molecule has 0 aliphatic carbocycles. The van der Waals surface area contributed by atoms with E-state index in [-0.39, 0.29) is 0 Å². The highest BCUT2D eigenvalue weighted by Crippen LogP contribution is 2.25. The largest absolute Gasteiger partial charge is 0.496 e. The second-order valence-corrected chi connectivity index (χ2v) is 3.62. The van der Waals surface area contributed by atoms with Crippen molar-refractivity contribution in [1.29, 1.82) is 0 Å². The molecule has 0 unspecified atom stereocenters. The van der Waals surface area contributed by atoms with Gasteiger partial charge in [-0.05, 0) is 24.3 Å². The lowest BCUT2D eigenvalue weighted by atomic mass is 10.1. The minimum absolute atomic E-state index is 0.367. The Kier molecular flexibility index (Phi) is 2.82. The molecule has 0 fully saturated rings. The predicted molar refractivity (Wildman–Crippen MR) is 63.7 cm³/mol. The number of aryl methyl sites for hydroxylation is 1. The van der Waals surface area contributed by atoms with Crippen LogP contribution in [0, 0.1) is 0 Å². The SMILES string of the molecule is COc1ccc(-c2ccnn2C)cc1C(N)=O. The van der Waals surface area contributed by atoms with Crippen LogP contribution in [0.3, 0.4) is 0 Å². The molecule has 0 atom stereocenters. The minimum atomic E-state index is -0.508. The maximum atomic E-state index is 11.3. The van der Waals surface area contributed by atoms with Gasteiger partial charge in [0.2, 0.25) is 0 Å². The predicted octanol–water partition coefficient (Wildman–Crippen LogP) is 1.19. The molecule has 0 saturated heterocycles. The number of hydrogen-bond acceptors (Lipinski definition) is 3. The van der Waals surface area contributed by atoms with Crippen molar-refractivity contribution < 1.29 is 9.53 Å². The Morgan fingerprint density at radius 3 is 2.71 bits per heavy atom. The first-order valence-electron chi connectivity index (χ1n) is 5.09. The van der Waals surface area contributed by atoms with Crippen molar-refractivity contribution in [3.63, 3.8) is 0 Å². The Morgan fingerprint density at radius 2 is 2.18 bits per heavy atom. The maximum Gasteiger partial charge on any atom is 0.252 e. The van der Waals surface area contributed by atoms with Gasteiger partial charge in [0.05, 0.1) is 18.4 Å². The van der Waals surface area contributed by atoms with Gasteiger partial charge in [-0.1, -0.05) is 0 Å². The van der Waals surface area contributed by atoms with E-state index in [2.05, 4.69) is 5.10 Å². The molecule has 5 nitrogen and oxygen atoms in total. The number of aromatic nitrogens is 2. The van der Waals surface area contributed by atoms with Gasteiger partial charge in [-0.2, -0.15) is 5.10 Å². The first-order valence-corrected chi connectivity index (χ1v) is 5.09. The Bertz CT molecular complexity index is 561. The third-order valence-corrected chi connectivity index (χ3v) is 2.58. The third kappa shape index (κ3) is 1.99. The van der Waals surface area contributed by atoms with Crippen molar-refractivity contribution in [3.05, 3.63) is 36.0 Å². The minimum Gasteiger partial charge on any atom is -0.496 e. The number of nitrogens with two attached hydrogens (primary N) is 1. The van der Waals surface area contributed by atoms with Crippen LogP contribution in [-0.2, 0) is 7.05 Å². The van der Waals surface area contributed by atoms with Crippen molar-refractivity contribution >= 4 is 5.91 Å². The van der Waals surface area contributed by atoms with Crippen LogP contribution in [0.15, 0.2) is 30.5 Å². The first-order chi connectivity index (χ1) is 8.13. The van der Waals surface area contributed by atoms with Crippen LogP contribution in [0.5, 0.6) is 5.75 Å². The summed E-state index contributed by atoms with van der Waals surface area (Å²) in [7, 11) is 3.34. The van der Waals surface area contributed by atoms with Crippen molar-refractivity contribution in [2.24, 2.45) is 12.8 Å². The summed E-state index contributed by atoms with van der Waals surface area (Å²) in [6.45, 7) is 0. The van der Waals surface area contributed by atoms with Gasteiger partial charge in [-0.3, -0.25) is 9.48 Å². The van der Waals surface area contributed by atoms with Crippen LogP contribution < -0.4 is 10.5 Å². The molecule has 2 N–H and O–H groups in total. The maximum absolute atomic E-state index is 11.3. The van der Waals surface area contributed by atoms with E-state index in [0.29, 0.717) is 11.3 Å². The van der Waals surface area contributed by atoms with E-state index in [1.165, 1.54) is 7.11 Å². The molecular weight excluding hydrogens is 218 g/mol. The lowest BCUT2D eigenvalue weighted by Gasteiger charge is -2.08. The Balaban J connectivity index is 2.55. The highest BCUT2D eigenvalue weighted by atomic mass is 16.5. The van der Waals surface area contributed by atoms with Gasteiger partial charge in [-0.25, -0.2) is 0 Å². The number of ether oxygens (including phenoxy) is 1. The Morgan fingerprint density at radius 1 is 1.41 bits per heavy atom. The second kappa shape index (κ2) is 4.29. The summed E-state index contributed by atoms with van der Waals surface area (Å²) in [4.78, 5) is 11.3. The lowest BCUT2D eigenvalue weighted by molar-refractivity contribution is 0.0997. The summed E-state index contributed by atoms with van der Waals surface area (Å²) in [6.07, 6.45) is 1.70. The Hall–Kier alpha value is -2.30. The van der Waals surface area contributed by atoms with E-state index in [9.17, 15) is 4.79 Å². The number of carbonyl (C=O) groups is 1. The van der Waals surface area contributed by atoms with Crippen LogP contribution in [0.2, 0.25) is 0 Å². The molecule has 0 bridgehead atoms. The van der Waals surface area contributed by atoms with Gasteiger partial charge >= 0.3 is 0 Å². The lowest BCUT2D eigenvalue weighted by Crippen LogP contribution is -2.12. The molecule has 0 aliphatic heterocycles. The monoisotopic (exact) mass is 231 g/mol. The zero-order valence-electron chi connectivity index (χ0n) is 9.68. The molecule has 1 aromatic carbocycles. The van der Waals surface area contributed by atoms with E-state index < -0.39 is 5.91 Å². The van der Waals surface area contributed by atoms with E-state index in [4.69, 9.17) is 10.5 Å². The number of rotatable bonds is 3. The molecule has 88 valence electrons. The van der Waals surface area contributed by atoms with Gasteiger partial charge < -0.3 is 10.5 Å². The quantitative estimate of drug-likeness (QED) is 0.862. The van der Waals surface area contributed by atoms with Crippen molar-refractivity contribution in [2.75, 3.05) is 7.11 Å². The van der Waals surface area contributed by atoms with Gasteiger partial charge in [-0.15, -0.1) is 0 Å². The fourth-order valence-electron chi connectivity index (χ4n) is 1.72. The summed E-state index contributed by atoms with van der Waals surface area (Å²) < 4.78 is 6.81. The number of amides is 1. The molecule has 17 heavy (non-hydrogen) atoms. The van der Waals surface area contributed by atoms with Gasteiger partial charge in [0.25, 0.3) is 5.91 Å². The fraction of sp³-hybridized carbons (Fsp3) is 0.167. The smallest absolute Gasteiger partial charge is 0.252 e. The van der Waals surface area contributed by atoms with Crippen LogP contribution >= 0.6 is 0 Å². The number of carbonyl (C=O) groups excluding carboxylic acids is 1. The van der Waals surface area contributed by atoms with Crippen LogP contribution in [-0.4, -0.2) is 22.8 Å². The number of methoxy groups -OCH3 is 1. The fourth-order valence-corrected chi connectivity index (χ4v) is 1.72. The zero-order chi connectivity index (χ0) is 12.4. The number of primary amides is 1. The van der Waals surface area contributed by atoms with E-state index in [0.717, 1.165) is 11.3 Å². The molecule has 0 spiro atoms. The summed E-state index contributed by atoms with van der Waals surface area (Å²) in [5.41, 5.74) is 7.46. The van der Waals surface area contributed by atoms with E-state index in [1.54, 1.807) is 23.0 Å². The van der Waals surface area contributed by atoms with Crippen LogP contribution in [0.25, 0.3) is 11.3 Å². The van der Waals surface area contributed by atoms with Crippen molar-refractivity contribution in [1.82, 2.24) is 9.78 Å². The summed E-state index contributed by atoms with van der Waals surface area (Å²) in [5.74, 6) is -0.0331. The molecule has 2 aromatic rings. The normalized spacial score (nSPS) is 10.2. The number of hydrogen-bond donors (Lipinski definition) is 1. The summed E-state index contributed by atoms with van der Waals surface area (Å²) in [6, 6.07) is 7.16. The molecule has 5 heteroatoms.